The average molecular weight is 715 g/mol. The van der Waals surface area contributed by atoms with Crippen LogP contribution in [0.25, 0.3) is 0 Å². The van der Waals surface area contributed by atoms with Crippen molar-refractivity contribution in [3.63, 3.8) is 0 Å². The van der Waals surface area contributed by atoms with Gasteiger partial charge in [-0.05, 0) is 50.5 Å². The lowest BCUT2D eigenvalue weighted by Gasteiger charge is -2.12. The summed E-state index contributed by atoms with van der Waals surface area (Å²) in [4.78, 5) is 36.0. The summed E-state index contributed by atoms with van der Waals surface area (Å²) in [5.74, 6) is -0.00552. The zero-order valence-electron chi connectivity index (χ0n) is 33.3. The van der Waals surface area contributed by atoms with E-state index in [4.69, 9.17) is 9.47 Å². The lowest BCUT2D eigenvalue weighted by molar-refractivity contribution is -0.152. The summed E-state index contributed by atoms with van der Waals surface area (Å²) in [6, 6.07) is 0. The Balaban J connectivity index is 3.59. The largest absolute Gasteiger partial charge is 0.463 e. The van der Waals surface area contributed by atoms with Crippen molar-refractivity contribution in [3.05, 3.63) is 48.6 Å². The van der Waals surface area contributed by atoms with E-state index < -0.39 is 12.1 Å². The number of aliphatic hydroxyl groups is 1. The Labute approximate surface area is 314 Å². The molecule has 0 fully saturated rings. The van der Waals surface area contributed by atoms with Gasteiger partial charge in [0.1, 0.15) is 19.3 Å². The minimum Gasteiger partial charge on any atom is -0.463 e. The summed E-state index contributed by atoms with van der Waals surface area (Å²) in [5, 5.41) is 10.0. The van der Waals surface area contributed by atoms with Gasteiger partial charge in [0.15, 0.2) is 5.78 Å². The second-order valence-corrected chi connectivity index (χ2v) is 14.6. The molecule has 0 aliphatic heterocycles. The second kappa shape index (κ2) is 38.8. The third kappa shape index (κ3) is 40.2. The standard InChI is InChI=1S/C45H78O6/c1-4-5-6-7-8-9-10-15-19-22-25-28-31-35-42(46)36-33-38-45(49)51-40-43(47)39-50-44(48)37-32-29-26-23-20-17-14-12-11-13-16-18-21-24-27-30-34-41(2)3/h8-9,15,19,25,28,31,35,41,43,47H,4-7,10-14,16-18,20-24,26-27,29-30,32-34,36-40H2,1-3H3/b9-8-,19-15-,28-25-,35-31+/t43-/m0/s1. The maximum absolute atomic E-state index is 12.0. The normalized spacial score (nSPS) is 12.6. The highest BCUT2D eigenvalue weighted by Gasteiger charge is 2.12. The van der Waals surface area contributed by atoms with Crippen molar-refractivity contribution in [2.45, 2.75) is 200 Å². The highest BCUT2D eigenvalue weighted by atomic mass is 16.6. The Bertz CT molecular complexity index is 931. The highest BCUT2D eigenvalue weighted by molar-refractivity contribution is 5.90. The summed E-state index contributed by atoms with van der Waals surface area (Å²) in [7, 11) is 0. The van der Waals surface area contributed by atoms with E-state index in [1.807, 2.05) is 12.2 Å². The van der Waals surface area contributed by atoms with Crippen molar-refractivity contribution in [1.82, 2.24) is 0 Å². The number of esters is 2. The van der Waals surface area contributed by atoms with Gasteiger partial charge in [-0.15, -0.1) is 0 Å². The smallest absolute Gasteiger partial charge is 0.305 e. The summed E-state index contributed by atoms with van der Waals surface area (Å²) >= 11 is 0. The van der Waals surface area contributed by atoms with Gasteiger partial charge in [0, 0.05) is 19.3 Å². The number of aliphatic hydroxyl groups excluding tert-OH is 1. The molecule has 0 aromatic rings. The Morgan fingerprint density at radius 2 is 1.00 bits per heavy atom. The van der Waals surface area contributed by atoms with Crippen LogP contribution in [0.1, 0.15) is 194 Å². The molecule has 0 aromatic heterocycles. The third-order valence-corrected chi connectivity index (χ3v) is 8.97. The molecule has 0 saturated heterocycles. The lowest BCUT2D eigenvalue weighted by atomic mass is 10.0. The molecule has 1 atom stereocenters. The predicted molar refractivity (Wildman–Crippen MR) is 215 cm³/mol. The molecule has 0 amide bonds. The van der Waals surface area contributed by atoms with Gasteiger partial charge in [-0.25, -0.2) is 0 Å². The van der Waals surface area contributed by atoms with Crippen molar-refractivity contribution in [1.29, 1.82) is 0 Å². The summed E-state index contributed by atoms with van der Waals surface area (Å²) in [5.41, 5.74) is 0. The molecule has 51 heavy (non-hydrogen) atoms. The molecule has 0 rings (SSSR count). The van der Waals surface area contributed by atoms with E-state index in [0.717, 1.165) is 44.4 Å². The molecular weight excluding hydrogens is 636 g/mol. The van der Waals surface area contributed by atoms with Gasteiger partial charge in [0.2, 0.25) is 0 Å². The Kier molecular flexibility index (Phi) is 36.9. The topological polar surface area (TPSA) is 89.9 Å². The fourth-order valence-electron chi connectivity index (χ4n) is 5.75. The molecule has 0 unspecified atom stereocenters. The summed E-state index contributed by atoms with van der Waals surface area (Å²) < 4.78 is 10.2. The predicted octanol–water partition coefficient (Wildman–Crippen LogP) is 12.4. The quantitative estimate of drug-likeness (QED) is 0.0226. The summed E-state index contributed by atoms with van der Waals surface area (Å²) in [6.07, 6.45) is 44.6. The van der Waals surface area contributed by atoms with E-state index in [2.05, 4.69) is 45.1 Å². The van der Waals surface area contributed by atoms with Crippen molar-refractivity contribution in [2.24, 2.45) is 5.92 Å². The molecule has 0 aliphatic rings. The van der Waals surface area contributed by atoms with Crippen LogP contribution in [0.15, 0.2) is 48.6 Å². The molecule has 0 aliphatic carbocycles. The highest BCUT2D eigenvalue weighted by Crippen LogP contribution is 2.15. The van der Waals surface area contributed by atoms with Gasteiger partial charge in [-0.1, -0.05) is 179 Å². The number of rotatable bonds is 37. The number of carbonyl (C=O) groups excluding carboxylic acids is 3. The van der Waals surface area contributed by atoms with Crippen LogP contribution in [-0.2, 0) is 23.9 Å². The molecule has 0 spiro atoms. The SMILES string of the molecule is CCCCC/C=C\C/C=C\C/C=C\C=C\C(=O)CCCC(=O)OC[C@@H](O)COC(=O)CCCCCCCCCCCCCCCCCCC(C)C. The van der Waals surface area contributed by atoms with Crippen LogP contribution in [0.5, 0.6) is 0 Å². The Morgan fingerprint density at radius 1 is 0.529 bits per heavy atom. The van der Waals surface area contributed by atoms with E-state index in [1.165, 1.54) is 115 Å². The van der Waals surface area contributed by atoms with Crippen LogP contribution >= 0.6 is 0 Å². The molecule has 294 valence electrons. The molecule has 1 N–H and O–H groups in total. The van der Waals surface area contributed by atoms with E-state index in [1.54, 1.807) is 6.08 Å². The first kappa shape index (κ1) is 48.5. The first-order valence-corrected chi connectivity index (χ1v) is 21.0. The maximum atomic E-state index is 12.0. The number of unbranched alkanes of at least 4 members (excludes halogenated alkanes) is 18. The third-order valence-electron chi connectivity index (χ3n) is 8.97. The molecule has 6 heteroatoms. The van der Waals surface area contributed by atoms with Crippen LogP contribution in [0.3, 0.4) is 0 Å². The number of ether oxygens (including phenoxy) is 2. The van der Waals surface area contributed by atoms with E-state index in [9.17, 15) is 19.5 Å². The van der Waals surface area contributed by atoms with Gasteiger partial charge in [0.25, 0.3) is 0 Å². The molecule has 0 aromatic carbocycles. The number of ketones is 1. The Morgan fingerprint density at radius 3 is 1.53 bits per heavy atom. The fourth-order valence-corrected chi connectivity index (χ4v) is 5.75. The molecule has 0 bridgehead atoms. The first-order chi connectivity index (χ1) is 24.8. The number of hydrogen-bond donors (Lipinski definition) is 1. The van der Waals surface area contributed by atoms with E-state index >= 15 is 0 Å². The van der Waals surface area contributed by atoms with Gasteiger partial charge < -0.3 is 14.6 Å². The zero-order valence-corrected chi connectivity index (χ0v) is 33.3. The van der Waals surface area contributed by atoms with Crippen molar-refractivity contribution in [2.75, 3.05) is 13.2 Å². The molecule has 6 nitrogen and oxygen atoms in total. The monoisotopic (exact) mass is 715 g/mol. The molecule has 0 saturated carbocycles. The van der Waals surface area contributed by atoms with Gasteiger partial charge >= 0.3 is 11.9 Å². The van der Waals surface area contributed by atoms with Crippen molar-refractivity contribution < 1.29 is 29.0 Å². The van der Waals surface area contributed by atoms with Crippen LogP contribution < -0.4 is 0 Å². The minimum absolute atomic E-state index is 0.0483. The van der Waals surface area contributed by atoms with Crippen LogP contribution in [-0.4, -0.2) is 42.1 Å². The zero-order chi connectivity index (χ0) is 37.5. The first-order valence-electron chi connectivity index (χ1n) is 21.0. The van der Waals surface area contributed by atoms with Gasteiger partial charge in [-0.3, -0.25) is 14.4 Å². The number of carbonyl (C=O) groups is 3. The van der Waals surface area contributed by atoms with Crippen molar-refractivity contribution in [3.8, 4) is 0 Å². The molecule has 0 heterocycles. The summed E-state index contributed by atoms with van der Waals surface area (Å²) in [6.45, 7) is 6.43. The van der Waals surface area contributed by atoms with Crippen molar-refractivity contribution >= 4 is 17.7 Å². The van der Waals surface area contributed by atoms with Crippen LogP contribution in [0, 0.1) is 5.92 Å². The second-order valence-electron chi connectivity index (χ2n) is 14.6. The molecular formula is C45H78O6. The van der Waals surface area contributed by atoms with E-state index in [0.29, 0.717) is 12.8 Å². The Hall–Kier alpha value is -2.47. The van der Waals surface area contributed by atoms with Gasteiger partial charge in [0.05, 0.1) is 0 Å². The van der Waals surface area contributed by atoms with Crippen LogP contribution in [0.4, 0.5) is 0 Å². The number of hydrogen-bond acceptors (Lipinski definition) is 6. The molecule has 0 radical (unpaired) electrons. The minimum atomic E-state index is -1.06. The lowest BCUT2D eigenvalue weighted by Crippen LogP contribution is -2.25. The average Bonchev–Trinajstić information content (AvgIpc) is 3.11. The van der Waals surface area contributed by atoms with Gasteiger partial charge in [-0.2, -0.15) is 0 Å². The fraction of sp³-hybridized carbons (Fsp3) is 0.756. The van der Waals surface area contributed by atoms with Crippen LogP contribution in [0.2, 0.25) is 0 Å². The maximum Gasteiger partial charge on any atom is 0.305 e. The van der Waals surface area contributed by atoms with E-state index in [-0.39, 0.29) is 37.8 Å². The number of allylic oxidation sites excluding steroid dienone is 8.